The average molecular weight is 215 g/mol. The fraction of sp³-hybridized carbons (Fsp3) is 0.154. The Hall–Kier alpha value is -2.21. The molecule has 0 aromatic carbocycles. The van der Waals surface area contributed by atoms with E-state index in [9.17, 15) is 9.90 Å². The van der Waals surface area contributed by atoms with Crippen LogP contribution < -0.4 is 5.56 Å². The number of pyridine rings is 1. The summed E-state index contributed by atoms with van der Waals surface area (Å²) >= 11 is 0. The van der Waals surface area contributed by atoms with Gasteiger partial charge in [0.25, 0.3) is 5.56 Å². The van der Waals surface area contributed by atoms with Crippen molar-refractivity contribution in [3.05, 3.63) is 39.3 Å². The van der Waals surface area contributed by atoms with Crippen LogP contribution in [0.25, 0.3) is 12.2 Å². The fourth-order valence-corrected chi connectivity index (χ4v) is 1.39. The van der Waals surface area contributed by atoms with E-state index < -0.39 is 5.56 Å². The van der Waals surface area contributed by atoms with E-state index in [1.54, 1.807) is 24.3 Å². The molecule has 3 nitrogen and oxygen atoms in total. The van der Waals surface area contributed by atoms with Crippen molar-refractivity contribution in [1.82, 2.24) is 4.98 Å². The van der Waals surface area contributed by atoms with Crippen LogP contribution in [0.3, 0.4) is 0 Å². The molecule has 0 radical (unpaired) electrons. The second-order valence-corrected chi connectivity index (χ2v) is 3.15. The summed E-state index contributed by atoms with van der Waals surface area (Å²) in [5.74, 6) is 2.02. The molecule has 16 heavy (non-hydrogen) atoms. The predicted octanol–water partition coefficient (Wildman–Crippen LogP) is 2.13. The summed E-state index contributed by atoms with van der Waals surface area (Å²) in [6.45, 7) is 3.64. The van der Waals surface area contributed by atoms with Gasteiger partial charge in [0.15, 0.2) is 0 Å². The van der Waals surface area contributed by atoms with E-state index in [0.717, 1.165) is 0 Å². The normalized spacial score (nSPS) is 11.1. The number of rotatable bonds is 2. The standard InChI is InChI=1S/C13H13NO2/c1-4-7-10-11(8-5-2)14-13(16)9(6-3)12(10)15/h3-5,7-8H,1-2H3,(H2,14,15,16)/b7-4-,8-5-. The van der Waals surface area contributed by atoms with E-state index in [2.05, 4.69) is 10.9 Å². The van der Waals surface area contributed by atoms with Crippen molar-refractivity contribution in [3.8, 4) is 18.1 Å². The van der Waals surface area contributed by atoms with Crippen LogP contribution in [-0.2, 0) is 0 Å². The van der Waals surface area contributed by atoms with Crippen molar-refractivity contribution in [1.29, 1.82) is 0 Å². The maximum atomic E-state index is 11.5. The van der Waals surface area contributed by atoms with Gasteiger partial charge in [-0.2, -0.15) is 0 Å². The Morgan fingerprint density at radius 1 is 1.31 bits per heavy atom. The summed E-state index contributed by atoms with van der Waals surface area (Å²) in [5.41, 5.74) is 0.568. The molecule has 0 unspecified atom stereocenters. The van der Waals surface area contributed by atoms with Crippen molar-refractivity contribution in [2.75, 3.05) is 0 Å². The summed E-state index contributed by atoms with van der Waals surface area (Å²) < 4.78 is 0. The number of aromatic hydroxyl groups is 1. The lowest BCUT2D eigenvalue weighted by molar-refractivity contribution is 0.470. The van der Waals surface area contributed by atoms with Crippen LogP contribution in [0.1, 0.15) is 30.7 Å². The smallest absolute Gasteiger partial charge is 0.267 e. The van der Waals surface area contributed by atoms with Crippen molar-refractivity contribution in [3.63, 3.8) is 0 Å². The van der Waals surface area contributed by atoms with E-state index in [1.807, 2.05) is 13.8 Å². The molecule has 1 aromatic rings. The number of hydrogen-bond acceptors (Lipinski definition) is 2. The number of H-pyrrole nitrogens is 1. The van der Waals surface area contributed by atoms with Gasteiger partial charge in [0.1, 0.15) is 11.3 Å². The monoisotopic (exact) mass is 215 g/mol. The number of terminal acetylenes is 1. The molecule has 1 heterocycles. The van der Waals surface area contributed by atoms with Crippen LogP contribution in [0, 0.1) is 12.3 Å². The van der Waals surface area contributed by atoms with Crippen LogP contribution in [-0.4, -0.2) is 10.1 Å². The van der Waals surface area contributed by atoms with E-state index in [0.29, 0.717) is 11.3 Å². The molecule has 0 aliphatic rings. The molecule has 0 aliphatic carbocycles. The van der Waals surface area contributed by atoms with Gasteiger partial charge < -0.3 is 10.1 Å². The first-order chi connectivity index (χ1) is 7.65. The molecule has 0 spiro atoms. The number of allylic oxidation sites excluding steroid dienone is 2. The van der Waals surface area contributed by atoms with E-state index in [-0.39, 0.29) is 11.3 Å². The molecule has 0 aliphatic heterocycles. The maximum Gasteiger partial charge on any atom is 0.267 e. The number of aromatic nitrogens is 1. The fourth-order valence-electron chi connectivity index (χ4n) is 1.39. The molecule has 82 valence electrons. The van der Waals surface area contributed by atoms with Gasteiger partial charge in [0.2, 0.25) is 0 Å². The van der Waals surface area contributed by atoms with E-state index >= 15 is 0 Å². The number of hydrogen-bond donors (Lipinski definition) is 2. The molecule has 0 bridgehead atoms. The average Bonchev–Trinajstić information content (AvgIpc) is 2.24. The summed E-state index contributed by atoms with van der Waals surface area (Å²) in [4.78, 5) is 14.1. The van der Waals surface area contributed by atoms with Crippen molar-refractivity contribution in [2.45, 2.75) is 13.8 Å². The van der Waals surface area contributed by atoms with Crippen LogP contribution in [0.4, 0.5) is 0 Å². The SMILES string of the molecule is C#Cc1c(O)c(/C=C\C)c(/C=C\C)[nH]c1=O. The van der Waals surface area contributed by atoms with Gasteiger partial charge in [-0.15, -0.1) is 6.42 Å². The molecular formula is C13H13NO2. The van der Waals surface area contributed by atoms with Gasteiger partial charge in [0, 0.05) is 5.56 Å². The topological polar surface area (TPSA) is 53.1 Å². The van der Waals surface area contributed by atoms with Crippen LogP contribution >= 0.6 is 0 Å². The molecule has 1 rings (SSSR count). The second kappa shape index (κ2) is 5.04. The number of nitrogens with one attached hydrogen (secondary N) is 1. The molecule has 0 amide bonds. The summed E-state index contributed by atoms with van der Waals surface area (Å²) in [6.07, 6.45) is 12.1. The maximum absolute atomic E-state index is 11.5. The lowest BCUT2D eigenvalue weighted by atomic mass is 10.1. The highest BCUT2D eigenvalue weighted by molar-refractivity contribution is 5.70. The Balaban J connectivity index is 3.67. The van der Waals surface area contributed by atoms with Crippen molar-refractivity contribution < 1.29 is 5.11 Å². The van der Waals surface area contributed by atoms with Crippen LogP contribution in [0.15, 0.2) is 16.9 Å². The first kappa shape index (κ1) is 11.9. The van der Waals surface area contributed by atoms with Gasteiger partial charge in [-0.3, -0.25) is 4.79 Å². The van der Waals surface area contributed by atoms with E-state index in [4.69, 9.17) is 6.42 Å². The molecule has 2 N–H and O–H groups in total. The van der Waals surface area contributed by atoms with Gasteiger partial charge in [-0.25, -0.2) is 0 Å². The van der Waals surface area contributed by atoms with Gasteiger partial charge in [0.05, 0.1) is 5.69 Å². The Morgan fingerprint density at radius 3 is 2.44 bits per heavy atom. The minimum absolute atomic E-state index is 0.0404. The summed E-state index contributed by atoms with van der Waals surface area (Å²) in [7, 11) is 0. The van der Waals surface area contributed by atoms with Crippen molar-refractivity contribution in [2.24, 2.45) is 0 Å². The van der Waals surface area contributed by atoms with Gasteiger partial charge in [-0.05, 0) is 19.9 Å². The molecule has 0 atom stereocenters. The molecular weight excluding hydrogens is 202 g/mol. The van der Waals surface area contributed by atoms with E-state index in [1.165, 1.54) is 0 Å². The Labute approximate surface area is 94.1 Å². The first-order valence-corrected chi connectivity index (χ1v) is 4.87. The second-order valence-electron chi connectivity index (χ2n) is 3.15. The van der Waals surface area contributed by atoms with Crippen LogP contribution in [0.5, 0.6) is 5.75 Å². The third-order valence-corrected chi connectivity index (χ3v) is 2.07. The number of aromatic amines is 1. The molecule has 0 saturated carbocycles. The van der Waals surface area contributed by atoms with Crippen molar-refractivity contribution >= 4 is 12.2 Å². The molecule has 3 heteroatoms. The summed E-state index contributed by atoms with van der Waals surface area (Å²) in [5, 5.41) is 9.86. The predicted molar refractivity (Wildman–Crippen MR) is 66.1 cm³/mol. The highest BCUT2D eigenvalue weighted by Crippen LogP contribution is 2.23. The lowest BCUT2D eigenvalue weighted by Gasteiger charge is -2.06. The molecule has 0 fully saturated rings. The Morgan fingerprint density at radius 2 is 1.94 bits per heavy atom. The largest absolute Gasteiger partial charge is 0.506 e. The first-order valence-electron chi connectivity index (χ1n) is 4.87. The Bertz CT molecular complexity index is 542. The lowest BCUT2D eigenvalue weighted by Crippen LogP contribution is -2.13. The third-order valence-electron chi connectivity index (χ3n) is 2.07. The minimum Gasteiger partial charge on any atom is -0.506 e. The zero-order valence-electron chi connectivity index (χ0n) is 9.24. The van der Waals surface area contributed by atoms with Gasteiger partial charge >= 0.3 is 0 Å². The highest BCUT2D eigenvalue weighted by atomic mass is 16.3. The van der Waals surface area contributed by atoms with Crippen LogP contribution in [0.2, 0.25) is 0 Å². The minimum atomic E-state index is -0.457. The molecule has 0 saturated heterocycles. The quantitative estimate of drug-likeness (QED) is 0.742. The zero-order valence-corrected chi connectivity index (χ0v) is 9.24. The molecule has 1 aromatic heterocycles. The zero-order chi connectivity index (χ0) is 12.1. The Kier molecular flexibility index (Phi) is 3.73. The highest BCUT2D eigenvalue weighted by Gasteiger charge is 2.11. The summed E-state index contributed by atoms with van der Waals surface area (Å²) in [6, 6.07) is 0. The third kappa shape index (κ3) is 2.06. The van der Waals surface area contributed by atoms with Gasteiger partial charge in [-0.1, -0.05) is 24.1 Å².